The summed E-state index contributed by atoms with van der Waals surface area (Å²) >= 11 is 12.1. The minimum atomic E-state index is -0.472. The summed E-state index contributed by atoms with van der Waals surface area (Å²) in [7, 11) is 0. The molecule has 0 unspecified atom stereocenters. The Morgan fingerprint density at radius 1 is 1.28 bits per heavy atom. The van der Waals surface area contributed by atoms with E-state index in [0.717, 1.165) is 0 Å². The van der Waals surface area contributed by atoms with Crippen molar-refractivity contribution in [2.24, 2.45) is 0 Å². The van der Waals surface area contributed by atoms with Crippen molar-refractivity contribution in [3.63, 3.8) is 0 Å². The van der Waals surface area contributed by atoms with Crippen molar-refractivity contribution in [1.29, 1.82) is 0 Å². The highest BCUT2D eigenvalue weighted by atomic mass is 35.5. The average Bonchev–Trinajstić information content (AvgIpc) is 2.28. The van der Waals surface area contributed by atoms with E-state index in [1.165, 1.54) is 6.20 Å². The number of nitro groups is 1. The molecule has 0 saturated carbocycles. The second-order valence-corrected chi connectivity index (χ2v) is 4.52. The van der Waals surface area contributed by atoms with Gasteiger partial charge in [0.05, 0.1) is 20.7 Å². The summed E-state index contributed by atoms with van der Waals surface area (Å²) in [6, 6.07) is 6.72. The molecule has 0 aliphatic heterocycles. The van der Waals surface area contributed by atoms with Gasteiger partial charge in [0, 0.05) is 11.1 Å². The Labute approximate surface area is 113 Å². The Hall–Kier alpha value is -1.65. The van der Waals surface area contributed by atoms with E-state index >= 15 is 0 Å². The lowest BCUT2D eigenvalue weighted by Crippen LogP contribution is -1.95. The van der Waals surface area contributed by atoms with Gasteiger partial charge in [-0.2, -0.15) is 0 Å². The van der Waals surface area contributed by atoms with Gasteiger partial charge in [0.25, 0.3) is 5.69 Å². The largest absolute Gasteiger partial charge is 0.290 e. The molecule has 0 spiro atoms. The molecular weight excluding hydrogens is 275 g/mol. The summed E-state index contributed by atoms with van der Waals surface area (Å²) in [5, 5.41) is 11.6. The molecule has 92 valence electrons. The van der Waals surface area contributed by atoms with E-state index in [0.29, 0.717) is 26.9 Å². The fraction of sp³-hybridized carbons (Fsp3) is 0.0833. The molecule has 1 aromatic heterocycles. The standard InChI is InChI=1S/C12H8Cl2N2O2/c1-7-5-10(15-6-11(7)16(17)18)12-8(13)3-2-4-9(12)14/h2-6H,1H3. The molecule has 0 radical (unpaired) electrons. The van der Waals surface area contributed by atoms with Crippen LogP contribution < -0.4 is 0 Å². The second kappa shape index (κ2) is 4.92. The third-order valence-electron chi connectivity index (χ3n) is 2.50. The van der Waals surface area contributed by atoms with Gasteiger partial charge in [-0.1, -0.05) is 29.3 Å². The molecule has 0 fully saturated rings. The Bertz CT molecular complexity index is 609. The SMILES string of the molecule is Cc1cc(-c2c(Cl)cccc2Cl)ncc1[N+](=O)[O-]. The first-order valence-corrected chi connectivity index (χ1v) is 5.81. The zero-order chi connectivity index (χ0) is 13.3. The van der Waals surface area contributed by atoms with E-state index in [4.69, 9.17) is 23.2 Å². The molecule has 0 bridgehead atoms. The van der Waals surface area contributed by atoms with Crippen molar-refractivity contribution in [2.75, 3.05) is 0 Å². The first kappa shape index (κ1) is 12.8. The summed E-state index contributed by atoms with van der Waals surface area (Å²) in [5.41, 5.74) is 1.59. The molecule has 0 atom stereocenters. The van der Waals surface area contributed by atoms with Crippen LogP contribution in [0.4, 0.5) is 5.69 Å². The molecule has 2 aromatic rings. The minimum Gasteiger partial charge on any atom is -0.258 e. The van der Waals surface area contributed by atoms with E-state index in [1.807, 2.05) is 0 Å². The highest BCUT2D eigenvalue weighted by molar-refractivity contribution is 6.39. The zero-order valence-corrected chi connectivity index (χ0v) is 10.9. The molecule has 0 saturated heterocycles. The van der Waals surface area contributed by atoms with Crippen LogP contribution in [0.25, 0.3) is 11.3 Å². The number of aryl methyl sites for hydroxylation is 1. The van der Waals surface area contributed by atoms with Gasteiger partial charge in [0.15, 0.2) is 0 Å². The summed E-state index contributed by atoms with van der Waals surface area (Å²) in [6.45, 7) is 1.65. The normalized spacial score (nSPS) is 10.4. The van der Waals surface area contributed by atoms with Crippen molar-refractivity contribution in [3.05, 3.63) is 56.2 Å². The molecule has 1 heterocycles. The van der Waals surface area contributed by atoms with Crippen molar-refractivity contribution < 1.29 is 4.92 Å². The first-order chi connectivity index (χ1) is 8.50. The van der Waals surface area contributed by atoms with Crippen LogP contribution in [0.15, 0.2) is 30.5 Å². The number of hydrogen-bond acceptors (Lipinski definition) is 3. The fourth-order valence-corrected chi connectivity index (χ4v) is 2.21. The maximum absolute atomic E-state index is 10.7. The minimum absolute atomic E-state index is 0.0260. The predicted molar refractivity (Wildman–Crippen MR) is 71.1 cm³/mol. The molecule has 0 N–H and O–H groups in total. The van der Waals surface area contributed by atoms with Crippen LogP contribution >= 0.6 is 23.2 Å². The van der Waals surface area contributed by atoms with Crippen LogP contribution in [0, 0.1) is 17.0 Å². The van der Waals surface area contributed by atoms with Crippen molar-refractivity contribution in [1.82, 2.24) is 4.98 Å². The second-order valence-electron chi connectivity index (χ2n) is 3.71. The monoisotopic (exact) mass is 282 g/mol. The molecule has 1 aromatic carbocycles. The van der Waals surface area contributed by atoms with Crippen LogP contribution in [0.1, 0.15) is 5.56 Å². The van der Waals surface area contributed by atoms with Gasteiger partial charge in [0.2, 0.25) is 0 Å². The molecule has 4 nitrogen and oxygen atoms in total. The zero-order valence-electron chi connectivity index (χ0n) is 9.35. The summed E-state index contributed by atoms with van der Waals surface area (Å²) < 4.78 is 0. The first-order valence-electron chi connectivity index (χ1n) is 5.06. The van der Waals surface area contributed by atoms with Crippen LogP contribution in [0.3, 0.4) is 0 Å². The Morgan fingerprint density at radius 3 is 2.39 bits per heavy atom. The van der Waals surface area contributed by atoms with Gasteiger partial charge in [-0.15, -0.1) is 0 Å². The topological polar surface area (TPSA) is 56.0 Å². The third-order valence-corrected chi connectivity index (χ3v) is 3.13. The van der Waals surface area contributed by atoms with E-state index in [-0.39, 0.29) is 5.69 Å². The maximum atomic E-state index is 10.7. The van der Waals surface area contributed by atoms with Gasteiger partial charge in [-0.05, 0) is 25.1 Å². The number of benzene rings is 1. The van der Waals surface area contributed by atoms with E-state index in [2.05, 4.69) is 4.98 Å². The summed E-state index contributed by atoms with van der Waals surface area (Å²) in [6.07, 6.45) is 1.21. The van der Waals surface area contributed by atoms with Gasteiger partial charge >= 0.3 is 0 Å². The Morgan fingerprint density at radius 2 is 1.89 bits per heavy atom. The van der Waals surface area contributed by atoms with E-state index in [1.54, 1.807) is 31.2 Å². The number of hydrogen-bond donors (Lipinski definition) is 0. The van der Waals surface area contributed by atoms with Crippen molar-refractivity contribution >= 4 is 28.9 Å². The lowest BCUT2D eigenvalue weighted by atomic mass is 10.1. The molecular formula is C12H8Cl2N2O2. The smallest absolute Gasteiger partial charge is 0.258 e. The van der Waals surface area contributed by atoms with Crippen molar-refractivity contribution in [3.8, 4) is 11.3 Å². The lowest BCUT2D eigenvalue weighted by Gasteiger charge is -2.07. The number of nitrogens with zero attached hydrogens (tertiary/aromatic N) is 2. The molecule has 0 aliphatic rings. The number of halogens is 2. The average molecular weight is 283 g/mol. The highest BCUT2D eigenvalue weighted by Gasteiger charge is 2.15. The number of rotatable bonds is 2. The van der Waals surface area contributed by atoms with Gasteiger partial charge < -0.3 is 0 Å². The molecule has 0 aliphatic carbocycles. The fourth-order valence-electron chi connectivity index (χ4n) is 1.62. The van der Waals surface area contributed by atoms with Crippen LogP contribution in [0.5, 0.6) is 0 Å². The summed E-state index contributed by atoms with van der Waals surface area (Å²) in [5.74, 6) is 0. The van der Waals surface area contributed by atoms with Crippen molar-refractivity contribution in [2.45, 2.75) is 6.92 Å². The van der Waals surface area contributed by atoms with E-state index in [9.17, 15) is 10.1 Å². The Balaban J connectivity index is 2.59. The molecule has 6 heteroatoms. The van der Waals surface area contributed by atoms with Gasteiger partial charge in [-0.25, -0.2) is 4.98 Å². The molecule has 2 rings (SSSR count). The summed E-state index contributed by atoms with van der Waals surface area (Å²) in [4.78, 5) is 14.3. The highest BCUT2D eigenvalue weighted by Crippen LogP contribution is 2.34. The maximum Gasteiger partial charge on any atom is 0.290 e. The number of aromatic nitrogens is 1. The van der Waals surface area contributed by atoms with Crippen LogP contribution in [0.2, 0.25) is 10.0 Å². The Kier molecular flexibility index (Phi) is 3.50. The van der Waals surface area contributed by atoms with Gasteiger partial charge in [0.1, 0.15) is 6.20 Å². The molecule has 0 amide bonds. The van der Waals surface area contributed by atoms with Gasteiger partial charge in [-0.3, -0.25) is 10.1 Å². The van der Waals surface area contributed by atoms with E-state index < -0.39 is 4.92 Å². The third kappa shape index (κ3) is 2.30. The lowest BCUT2D eigenvalue weighted by molar-refractivity contribution is -0.385. The van der Waals surface area contributed by atoms with Crippen LogP contribution in [-0.4, -0.2) is 9.91 Å². The molecule has 18 heavy (non-hydrogen) atoms. The predicted octanol–water partition coefficient (Wildman–Crippen LogP) is 4.27. The quantitative estimate of drug-likeness (QED) is 0.610. The number of pyridine rings is 1. The van der Waals surface area contributed by atoms with Crippen LogP contribution in [-0.2, 0) is 0 Å².